The van der Waals surface area contributed by atoms with Gasteiger partial charge in [-0.15, -0.1) is 0 Å². The van der Waals surface area contributed by atoms with Gasteiger partial charge in [-0.1, -0.05) is 75.0 Å². The molecular formula is C22H13BrCl3NO. The van der Waals surface area contributed by atoms with Gasteiger partial charge in [0.1, 0.15) is 12.4 Å². The van der Waals surface area contributed by atoms with E-state index in [1.54, 1.807) is 36.4 Å². The van der Waals surface area contributed by atoms with Crippen LogP contribution in [0.3, 0.4) is 0 Å². The molecule has 0 aromatic heterocycles. The van der Waals surface area contributed by atoms with Crippen LogP contribution in [0.2, 0.25) is 15.1 Å². The smallest absolute Gasteiger partial charge is 0.138 e. The zero-order valence-corrected chi connectivity index (χ0v) is 18.3. The van der Waals surface area contributed by atoms with Crippen LogP contribution in [0.15, 0.2) is 65.1 Å². The number of rotatable bonds is 5. The van der Waals surface area contributed by atoms with Crippen molar-refractivity contribution in [1.82, 2.24) is 0 Å². The lowest BCUT2D eigenvalue weighted by Crippen LogP contribution is -1.96. The molecule has 3 aromatic rings. The molecule has 0 atom stereocenters. The van der Waals surface area contributed by atoms with Gasteiger partial charge in [-0.25, -0.2) is 0 Å². The highest BCUT2D eigenvalue weighted by atomic mass is 79.9. The summed E-state index contributed by atoms with van der Waals surface area (Å²) in [5, 5.41) is 10.9. The van der Waals surface area contributed by atoms with Crippen LogP contribution in [0.1, 0.15) is 16.7 Å². The number of nitriles is 1. The Labute approximate surface area is 187 Å². The summed E-state index contributed by atoms with van der Waals surface area (Å²) in [6, 6.07) is 20.4. The van der Waals surface area contributed by atoms with Crippen LogP contribution < -0.4 is 4.74 Å². The summed E-state index contributed by atoms with van der Waals surface area (Å²) in [6.07, 6.45) is 1.72. The van der Waals surface area contributed by atoms with E-state index in [4.69, 9.17) is 39.5 Å². The van der Waals surface area contributed by atoms with Gasteiger partial charge >= 0.3 is 0 Å². The molecule has 140 valence electrons. The lowest BCUT2D eigenvalue weighted by Gasteiger charge is -2.09. The Hall–Kier alpha value is -1.96. The molecule has 28 heavy (non-hydrogen) atoms. The number of halogens is 4. The van der Waals surface area contributed by atoms with Crippen LogP contribution >= 0.6 is 50.7 Å². The Morgan fingerprint density at radius 3 is 2.36 bits per heavy atom. The van der Waals surface area contributed by atoms with Gasteiger partial charge in [0.25, 0.3) is 0 Å². The Morgan fingerprint density at radius 1 is 0.964 bits per heavy atom. The lowest BCUT2D eigenvalue weighted by atomic mass is 10.0. The third-order valence-corrected chi connectivity index (χ3v) is 5.29. The predicted octanol–water partition coefficient (Wildman–Crippen LogP) is 8.05. The van der Waals surface area contributed by atoms with Crippen LogP contribution in [0, 0.1) is 11.3 Å². The molecule has 0 fully saturated rings. The van der Waals surface area contributed by atoms with Crippen molar-refractivity contribution in [2.75, 3.05) is 0 Å². The molecule has 6 heteroatoms. The molecule has 2 nitrogen and oxygen atoms in total. The zero-order valence-electron chi connectivity index (χ0n) is 14.4. The lowest BCUT2D eigenvalue weighted by molar-refractivity contribution is 0.306. The molecule has 0 spiro atoms. The van der Waals surface area contributed by atoms with E-state index in [0.717, 1.165) is 15.6 Å². The van der Waals surface area contributed by atoms with E-state index in [9.17, 15) is 5.26 Å². The molecule has 0 N–H and O–H groups in total. The number of allylic oxidation sites excluding steroid dienone is 1. The van der Waals surface area contributed by atoms with Gasteiger partial charge in [0.05, 0.1) is 21.7 Å². The first-order valence-corrected chi connectivity index (χ1v) is 10.1. The number of ether oxygens (including phenoxy) is 1. The highest BCUT2D eigenvalue weighted by Crippen LogP contribution is 2.31. The summed E-state index contributed by atoms with van der Waals surface area (Å²) in [7, 11) is 0. The number of benzene rings is 3. The first-order chi connectivity index (χ1) is 13.5. The molecule has 3 aromatic carbocycles. The highest BCUT2D eigenvalue weighted by Gasteiger charge is 2.09. The fraction of sp³-hybridized carbons (Fsp3) is 0.0455. The van der Waals surface area contributed by atoms with E-state index in [2.05, 4.69) is 22.0 Å². The Balaban J connectivity index is 1.79. The minimum Gasteiger partial charge on any atom is -0.487 e. The summed E-state index contributed by atoms with van der Waals surface area (Å²) >= 11 is 21.9. The van der Waals surface area contributed by atoms with Gasteiger partial charge in [-0.2, -0.15) is 5.26 Å². The van der Waals surface area contributed by atoms with Crippen LogP contribution in [-0.4, -0.2) is 0 Å². The molecule has 0 unspecified atom stereocenters. The molecule has 0 aliphatic rings. The molecule has 3 rings (SSSR count). The highest BCUT2D eigenvalue weighted by molar-refractivity contribution is 9.10. The third-order valence-electron chi connectivity index (χ3n) is 3.92. The number of hydrogen-bond donors (Lipinski definition) is 0. The van der Waals surface area contributed by atoms with Crippen molar-refractivity contribution in [2.45, 2.75) is 6.61 Å². The number of nitrogens with zero attached hydrogens (tertiary/aromatic N) is 1. The van der Waals surface area contributed by atoms with Crippen molar-refractivity contribution >= 4 is 62.4 Å². The Morgan fingerprint density at radius 2 is 1.71 bits per heavy atom. The van der Waals surface area contributed by atoms with Crippen molar-refractivity contribution < 1.29 is 4.74 Å². The zero-order chi connectivity index (χ0) is 20.1. The van der Waals surface area contributed by atoms with Crippen LogP contribution in [-0.2, 0) is 6.61 Å². The summed E-state index contributed by atoms with van der Waals surface area (Å²) in [5.41, 5.74) is 2.83. The number of hydrogen-bond acceptors (Lipinski definition) is 2. The second kappa shape index (κ2) is 9.49. The van der Waals surface area contributed by atoms with Crippen molar-refractivity contribution in [3.8, 4) is 11.8 Å². The van der Waals surface area contributed by atoms with Crippen molar-refractivity contribution in [2.24, 2.45) is 0 Å². The van der Waals surface area contributed by atoms with Crippen molar-refractivity contribution in [3.63, 3.8) is 0 Å². The predicted molar refractivity (Wildman–Crippen MR) is 120 cm³/mol. The standard InChI is InChI=1S/C22H13BrCl3NO/c23-17-4-1-14(2-5-17)13-28-22-8-3-15(10-21(22)26)9-16(12-27)19-7-6-18(24)11-20(19)25/h1-11H,13H2/b16-9+. The van der Waals surface area contributed by atoms with Gasteiger partial charge < -0.3 is 4.74 Å². The third kappa shape index (κ3) is 5.31. The van der Waals surface area contributed by atoms with Gasteiger partial charge in [-0.3, -0.25) is 0 Å². The molecule has 0 aliphatic heterocycles. The minimum absolute atomic E-state index is 0.409. The van der Waals surface area contributed by atoms with Gasteiger partial charge in [0.15, 0.2) is 0 Å². The fourth-order valence-corrected chi connectivity index (χ4v) is 3.53. The second-order valence-corrected chi connectivity index (χ2v) is 8.07. The maximum absolute atomic E-state index is 9.52. The molecule has 0 saturated carbocycles. The van der Waals surface area contributed by atoms with E-state index >= 15 is 0 Å². The summed E-state index contributed by atoms with van der Waals surface area (Å²) in [5.74, 6) is 0.574. The maximum atomic E-state index is 9.52. The van der Waals surface area contributed by atoms with Gasteiger partial charge in [-0.05, 0) is 53.6 Å². The quantitative estimate of drug-likeness (QED) is 0.266. The monoisotopic (exact) mass is 491 g/mol. The molecule has 0 heterocycles. The van der Waals surface area contributed by atoms with Crippen molar-refractivity contribution in [1.29, 1.82) is 5.26 Å². The van der Waals surface area contributed by atoms with Crippen LogP contribution in [0.25, 0.3) is 11.6 Å². The SMILES string of the molecule is N#C/C(=C\c1ccc(OCc2ccc(Br)cc2)c(Cl)c1)c1ccc(Cl)cc1Cl. The maximum Gasteiger partial charge on any atom is 0.138 e. The van der Waals surface area contributed by atoms with Crippen LogP contribution in [0.5, 0.6) is 5.75 Å². The second-order valence-electron chi connectivity index (χ2n) is 5.90. The molecule has 0 radical (unpaired) electrons. The first kappa shape index (κ1) is 20.8. The summed E-state index contributed by atoms with van der Waals surface area (Å²) in [4.78, 5) is 0. The van der Waals surface area contributed by atoms with E-state index in [0.29, 0.717) is 38.6 Å². The average molecular weight is 494 g/mol. The Kier molecular flexibility index (Phi) is 7.04. The van der Waals surface area contributed by atoms with Crippen molar-refractivity contribution in [3.05, 3.63) is 96.9 Å². The van der Waals surface area contributed by atoms with Crippen LogP contribution in [0.4, 0.5) is 0 Å². The van der Waals surface area contributed by atoms with E-state index < -0.39 is 0 Å². The van der Waals surface area contributed by atoms with Gasteiger partial charge in [0.2, 0.25) is 0 Å². The summed E-state index contributed by atoms with van der Waals surface area (Å²) in [6.45, 7) is 0.409. The van der Waals surface area contributed by atoms with Gasteiger partial charge in [0, 0.05) is 15.1 Å². The topological polar surface area (TPSA) is 33.0 Å². The molecular weight excluding hydrogens is 481 g/mol. The van der Waals surface area contributed by atoms with E-state index in [1.807, 2.05) is 30.3 Å². The normalized spacial score (nSPS) is 11.2. The largest absolute Gasteiger partial charge is 0.487 e. The molecule has 0 aliphatic carbocycles. The minimum atomic E-state index is 0.409. The fourth-order valence-electron chi connectivity index (χ4n) is 2.51. The average Bonchev–Trinajstić information content (AvgIpc) is 2.67. The Bertz CT molecular complexity index is 1070. The molecule has 0 bridgehead atoms. The van der Waals surface area contributed by atoms with E-state index in [-0.39, 0.29) is 0 Å². The molecule has 0 amide bonds. The molecule has 0 saturated heterocycles. The summed E-state index contributed by atoms with van der Waals surface area (Å²) < 4.78 is 6.81. The first-order valence-electron chi connectivity index (χ1n) is 8.20. The van der Waals surface area contributed by atoms with E-state index in [1.165, 1.54) is 0 Å².